The largest absolute Gasteiger partial charge is 0.486 e. The number of aromatic nitrogens is 3. The van der Waals surface area contributed by atoms with Gasteiger partial charge in [-0.2, -0.15) is 0 Å². The van der Waals surface area contributed by atoms with Crippen LogP contribution in [-0.2, 0) is 26.5 Å². The van der Waals surface area contributed by atoms with Gasteiger partial charge >= 0.3 is 0 Å². The third-order valence-corrected chi connectivity index (χ3v) is 8.72. The van der Waals surface area contributed by atoms with Crippen LogP contribution in [0.5, 0.6) is 0 Å². The van der Waals surface area contributed by atoms with Gasteiger partial charge in [-0.1, -0.05) is 62.4 Å². The summed E-state index contributed by atoms with van der Waals surface area (Å²) in [5.74, 6) is 0. The zero-order valence-electron chi connectivity index (χ0n) is 28.8. The van der Waals surface area contributed by atoms with E-state index in [1.54, 1.807) is 0 Å². The Morgan fingerprint density at radius 2 is 1.62 bits per heavy atom. The van der Waals surface area contributed by atoms with Gasteiger partial charge in [-0.05, 0) is 74.1 Å². The second kappa shape index (κ2) is 13.0. The molecule has 4 nitrogen and oxygen atoms in total. The van der Waals surface area contributed by atoms with Crippen LogP contribution in [0, 0.1) is 52.2 Å². The van der Waals surface area contributed by atoms with Crippen molar-refractivity contribution in [2.24, 2.45) is 5.41 Å². The van der Waals surface area contributed by atoms with Crippen molar-refractivity contribution in [2.45, 2.75) is 61.8 Å². The molecule has 5 heterocycles. The van der Waals surface area contributed by atoms with Crippen molar-refractivity contribution in [1.82, 2.24) is 15.0 Å². The van der Waals surface area contributed by atoms with Crippen LogP contribution in [0.25, 0.3) is 54.8 Å². The average Bonchev–Trinajstić information content (AvgIpc) is 3.55. The standard InChI is InChI=1S/C25H23N2OS.C14H14N.Ir/c1-14-9-10-18-17-7-6-8-19(22(17)28-23(18)26-14)20-12-11-16-15(2)21(13-25(3,4)5)29-24(16)27-20;1-10-4-6-13(7-5-10)14-8-11(2)12(3)9-15-14;/h6-7,9-12H,13H2,1-5H3;4-6,8-9H,1-3H3;/q2*-1;/i13D2;;. The van der Waals surface area contributed by atoms with Crippen LogP contribution < -0.4 is 0 Å². The predicted molar refractivity (Wildman–Crippen MR) is 184 cm³/mol. The molecule has 2 aromatic carbocycles. The van der Waals surface area contributed by atoms with Crippen LogP contribution in [0.4, 0.5) is 0 Å². The molecule has 0 aliphatic rings. The Balaban J connectivity index is 0.000000228. The number of nitrogens with zero attached hydrogens (tertiary/aromatic N) is 3. The van der Waals surface area contributed by atoms with Crippen molar-refractivity contribution in [3.05, 3.63) is 112 Å². The molecule has 7 aromatic rings. The molecule has 7 rings (SSSR count). The minimum atomic E-state index is -1.45. The number of pyridine rings is 3. The Bertz CT molecular complexity index is 2230. The minimum Gasteiger partial charge on any atom is -0.486 e. The van der Waals surface area contributed by atoms with Gasteiger partial charge in [-0.25, -0.2) is 4.98 Å². The summed E-state index contributed by atoms with van der Waals surface area (Å²) in [6, 6.07) is 26.7. The van der Waals surface area contributed by atoms with Crippen LogP contribution in [0.3, 0.4) is 0 Å². The van der Waals surface area contributed by atoms with Gasteiger partial charge < -0.3 is 9.40 Å². The third kappa shape index (κ3) is 6.94. The molecule has 0 amide bonds. The number of aryl methyl sites for hydroxylation is 5. The summed E-state index contributed by atoms with van der Waals surface area (Å²) in [4.78, 5) is 15.4. The zero-order chi connectivity index (χ0) is 33.0. The Kier molecular flexibility index (Phi) is 8.63. The van der Waals surface area contributed by atoms with Gasteiger partial charge in [-0.3, -0.25) is 4.98 Å². The fourth-order valence-corrected chi connectivity index (χ4v) is 6.33. The Labute approximate surface area is 286 Å². The van der Waals surface area contributed by atoms with E-state index in [-0.39, 0.29) is 20.1 Å². The summed E-state index contributed by atoms with van der Waals surface area (Å²) in [5.41, 5.74) is 10.0. The quantitative estimate of drug-likeness (QED) is 0.167. The fourth-order valence-electron chi connectivity index (χ4n) is 5.04. The van der Waals surface area contributed by atoms with E-state index in [9.17, 15) is 0 Å². The molecule has 0 bridgehead atoms. The SMILES string of the molecule is Cc1c[c-]c(-c2cc(C)c(C)cn2)cc1.[2H]C([2H])(c1sc2nc(-c3[c-]ccc4c3oc3nc(C)ccc34)ccc2c1C)C(C)(C)C.[Ir]. The summed E-state index contributed by atoms with van der Waals surface area (Å²) < 4.78 is 23.6. The molecule has 0 saturated carbocycles. The van der Waals surface area contributed by atoms with Crippen LogP contribution in [-0.4, -0.2) is 15.0 Å². The maximum atomic E-state index is 8.72. The van der Waals surface area contributed by atoms with Gasteiger partial charge in [0, 0.05) is 50.4 Å². The first-order valence-electron chi connectivity index (χ1n) is 15.8. The molecule has 231 valence electrons. The van der Waals surface area contributed by atoms with Gasteiger partial charge in [0.05, 0.1) is 5.58 Å². The minimum absolute atomic E-state index is 0. The smallest absolute Gasteiger partial charge is 0.216 e. The fraction of sp³-hybridized carbons (Fsp3) is 0.256. The van der Waals surface area contributed by atoms with Gasteiger partial charge in [0.15, 0.2) is 0 Å². The summed E-state index contributed by atoms with van der Waals surface area (Å²) in [7, 11) is 0. The molecule has 0 N–H and O–H groups in total. The van der Waals surface area contributed by atoms with Crippen molar-refractivity contribution in [2.75, 3.05) is 0 Å². The number of thiophene rings is 1. The normalized spacial score (nSPS) is 12.4. The van der Waals surface area contributed by atoms with Crippen LogP contribution >= 0.6 is 11.3 Å². The molecule has 5 aromatic heterocycles. The third-order valence-electron chi connectivity index (χ3n) is 7.60. The molecule has 0 atom stereocenters. The van der Waals surface area contributed by atoms with E-state index in [2.05, 4.69) is 61.1 Å². The van der Waals surface area contributed by atoms with E-state index < -0.39 is 11.8 Å². The number of benzene rings is 2. The van der Waals surface area contributed by atoms with E-state index >= 15 is 0 Å². The van der Waals surface area contributed by atoms with E-state index in [1.807, 2.05) is 83.3 Å². The number of rotatable bonds is 3. The van der Waals surface area contributed by atoms with Crippen LogP contribution in [0.2, 0.25) is 0 Å². The second-order valence-corrected chi connectivity index (χ2v) is 13.4. The van der Waals surface area contributed by atoms with Crippen molar-refractivity contribution in [3.8, 4) is 22.5 Å². The molecule has 1 radical (unpaired) electrons. The maximum absolute atomic E-state index is 8.72. The molecule has 0 saturated heterocycles. The Morgan fingerprint density at radius 3 is 2.33 bits per heavy atom. The molecule has 6 heteroatoms. The number of hydrogen-bond donors (Lipinski definition) is 0. The first kappa shape index (κ1) is 30.0. The summed E-state index contributed by atoms with van der Waals surface area (Å²) in [6.45, 7) is 16.0. The predicted octanol–water partition coefficient (Wildman–Crippen LogP) is 10.7. The first-order chi connectivity index (χ1) is 21.7. The van der Waals surface area contributed by atoms with E-state index in [0.29, 0.717) is 5.71 Å². The van der Waals surface area contributed by atoms with Crippen molar-refractivity contribution in [3.63, 3.8) is 0 Å². The van der Waals surface area contributed by atoms with Gasteiger partial charge in [0.1, 0.15) is 4.83 Å². The number of hydrogen-bond acceptors (Lipinski definition) is 5. The monoisotopic (exact) mass is 790 g/mol. The molecule has 0 aliphatic carbocycles. The van der Waals surface area contributed by atoms with Gasteiger partial charge in [-0.15, -0.1) is 64.9 Å². The van der Waals surface area contributed by atoms with Gasteiger partial charge in [0.2, 0.25) is 5.71 Å². The average molecular weight is 790 g/mol. The molecule has 0 aliphatic heterocycles. The van der Waals surface area contributed by atoms with E-state index in [0.717, 1.165) is 65.2 Å². The molecular weight excluding hydrogens is 751 g/mol. The van der Waals surface area contributed by atoms with E-state index in [4.69, 9.17) is 12.1 Å². The number of fused-ring (bicyclic) bond motifs is 4. The molecule has 0 unspecified atom stereocenters. The topological polar surface area (TPSA) is 51.8 Å². The Hall–Kier alpha value is -3.70. The molecule has 0 fully saturated rings. The molecule has 45 heavy (non-hydrogen) atoms. The summed E-state index contributed by atoms with van der Waals surface area (Å²) >= 11 is 1.44. The number of furan rings is 1. The van der Waals surface area contributed by atoms with Crippen molar-refractivity contribution >= 4 is 43.6 Å². The van der Waals surface area contributed by atoms with E-state index in [1.165, 1.54) is 28.0 Å². The maximum Gasteiger partial charge on any atom is 0.216 e. The Morgan fingerprint density at radius 1 is 0.844 bits per heavy atom. The second-order valence-electron chi connectivity index (χ2n) is 12.4. The first-order valence-corrected chi connectivity index (χ1v) is 15.6. The zero-order valence-corrected chi connectivity index (χ0v) is 30.1. The summed E-state index contributed by atoms with van der Waals surface area (Å²) in [5, 5.41) is 2.96. The summed E-state index contributed by atoms with van der Waals surface area (Å²) in [6.07, 6.45) is 0.468. The van der Waals surface area contributed by atoms with Gasteiger partial charge in [0.25, 0.3) is 0 Å². The van der Waals surface area contributed by atoms with Crippen LogP contribution in [0.1, 0.15) is 56.3 Å². The van der Waals surface area contributed by atoms with Crippen molar-refractivity contribution in [1.29, 1.82) is 0 Å². The van der Waals surface area contributed by atoms with Crippen molar-refractivity contribution < 1.29 is 27.3 Å². The molecule has 0 spiro atoms. The van der Waals surface area contributed by atoms with Crippen LogP contribution in [0.15, 0.2) is 71.3 Å². The molecular formula is C39H37IrN3OS-2.